The molecule has 0 fully saturated rings. The second kappa shape index (κ2) is 8.21. The summed E-state index contributed by atoms with van der Waals surface area (Å²) in [6.45, 7) is 10.9. The number of para-hydroxylation sites is 1. The molecule has 0 atom stereocenters. The van der Waals surface area contributed by atoms with E-state index in [9.17, 15) is 0 Å². The van der Waals surface area contributed by atoms with Crippen molar-refractivity contribution in [1.82, 2.24) is 4.98 Å². The van der Waals surface area contributed by atoms with Gasteiger partial charge in [-0.2, -0.15) is 0 Å². The second-order valence-corrected chi connectivity index (χ2v) is 6.64. The number of benzene rings is 2. The van der Waals surface area contributed by atoms with E-state index in [1.54, 1.807) is 0 Å². The SMILES string of the molecule is CCN(CC)c1ccc(C[NH2+]CCc2c(C)[nH]c3ccccc23)cc1. The molecule has 1 heterocycles. The average Bonchev–Trinajstić information content (AvgIpc) is 2.96. The van der Waals surface area contributed by atoms with Crippen LogP contribution in [-0.4, -0.2) is 24.6 Å². The van der Waals surface area contributed by atoms with Gasteiger partial charge in [0.1, 0.15) is 6.54 Å². The van der Waals surface area contributed by atoms with Crippen molar-refractivity contribution >= 4 is 16.6 Å². The third kappa shape index (κ3) is 4.05. The van der Waals surface area contributed by atoms with Crippen molar-refractivity contribution in [2.75, 3.05) is 24.5 Å². The summed E-state index contributed by atoms with van der Waals surface area (Å²) >= 11 is 0. The molecular formula is C22H30N3+. The minimum absolute atomic E-state index is 1.04. The molecule has 0 saturated carbocycles. The van der Waals surface area contributed by atoms with Crippen molar-refractivity contribution in [2.45, 2.75) is 33.7 Å². The maximum absolute atomic E-state index is 3.49. The van der Waals surface area contributed by atoms with Gasteiger partial charge in [-0.15, -0.1) is 0 Å². The van der Waals surface area contributed by atoms with E-state index in [4.69, 9.17) is 0 Å². The first kappa shape index (κ1) is 17.6. The van der Waals surface area contributed by atoms with Gasteiger partial charge in [0.05, 0.1) is 6.54 Å². The van der Waals surface area contributed by atoms with Crippen LogP contribution in [0, 0.1) is 6.92 Å². The number of aryl methyl sites for hydroxylation is 1. The zero-order valence-electron chi connectivity index (χ0n) is 15.7. The largest absolute Gasteiger partial charge is 0.372 e. The van der Waals surface area contributed by atoms with E-state index >= 15 is 0 Å². The lowest BCUT2D eigenvalue weighted by Gasteiger charge is -2.21. The van der Waals surface area contributed by atoms with Crippen LogP contribution in [-0.2, 0) is 13.0 Å². The molecule has 2 aromatic carbocycles. The molecule has 0 aliphatic carbocycles. The van der Waals surface area contributed by atoms with Crippen LogP contribution >= 0.6 is 0 Å². The summed E-state index contributed by atoms with van der Waals surface area (Å²) in [5, 5.41) is 3.78. The van der Waals surface area contributed by atoms with Crippen LogP contribution < -0.4 is 10.2 Å². The molecule has 3 rings (SSSR count). The molecule has 0 spiro atoms. The van der Waals surface area contributed by atoms with E-state index in [0.29, 0.717) is 0 Å². The minimum atomic E-state index is 1.04. The van der Waals surface area contributed by atoms with Gasteiger partial charge in [0.25, 0.3) is 0 Å². The third-order valence-corrected chi connectivity index (χ3v) is 5.07. The van der Waals surface area contributed by atoms with Gasteiger partial charge in [-0.25, -0.2) is 0 Å². The van der Waals surface area contributed by atoms with Crippen molar-refractivity contribution < 1.29 is 5.32 Å². The Bertz CT molecular complexity index is 798. The van der Waals surface area contributed by atoms with Crippen molar-refractivity contribution in [2.24, 2.45) is 0 Å². The second-order valence-electron chi connectivity index (χ2n) is 6.64. The summed E-state index contributed by atoms with van der Waals surface area (Å²) in [6, 6.07) is 17.6. The van der Waals surface area contributed by atoms with Gasteiger partial charge in [-0.05, 0) is 44.5 Å². The van der Waals surface area contributed by atoms with E-state index in [2.05, 4.69) is 84.5 Å². The minimum Gasteiger partial charge on any atom is -0.372 e. The van der Waals surface area contributed by atoms with Gasteiger partial charge >= 0.3 is 0 Å². The van der Waals surface area contributed by atoms with E-state index < -0.39 is 0 Å². The van der Waals surface area contributed by atoms with Crippen LogP contribution in [0.3, 0.4) is 0 Å². The fourth-order valence-corrected chi connectivity index (χ4v) is 3.60. The first-order chi connectivity index (χ1) is 12.2. The molecule has 0 aliphatic heterocycles. The van der Waals surface area contributed by atoms with Crippen molar-refractivity contribution in [3.8, 4) is 0 Å². The van der Waals surface area contributed by atoms with E-state index in [0.717, 1.165) is 32.6 Å². The number of nitrogens with one attached hydrogen (secondary N) is 1. The highest BCUT2D eigenvalue weighted by molar-refractivity contribution is 5.84. The molecule has 3 heteroatoms. The maximum atomic E-state index is 3.49. The van der Waals surface area contributed by atoms with Crippen molar-refractivity contribution in [3.05, 3.63) is 65.4 Å². The number of fused-ring (bicyclic) bond motifs is 1. The number of quaternary nitrogens is 1. The molecule has 3 N–H and O–H groups in total. The topological polar surface area (TPSA) is 35.6 Å². The Morgan fingerprint density at radius 3 is 2.40 bits per heavy atom. The van der Waals surface area contributed by atoms with Crippen LogP contribution in [0.15, 0.2) is 48.5 Å². The lowest BCUT2D eigenvalue weighted by molar-refractivity contribution is -0.670. The molecule has 3 nitrogen and oxygen atoms in total. The Morgan fingerprint density at radius 2 is 1.68 bits per heavy atom. The molecule has 0 amide bonds. The number of H-pyrrole nitrogens is 1. The molecule has 0 saturated heterocycles. The highest BCUT2D eigenvalue weighted by Gasteiger charge is 2.08. The number of rotatable bonds is 8. The Balaban J connectivity index is 1.54. The standard InChI is InChI=1S/C22H29N3/c1-4-25(5-2)19-12-10-18(11-13-19)16-23-15-14-20-17(3)24-22-9-7-6-8-21(20)22/h6-13,23-24H,4-5,14-16H2,1-3H3/p+1. The average molecular weight is 337 g/mol. The number of aromatic nitrogens is 1. The van der Waals surface area contributed by atoms with Gasteiger partial charge in [0, 0.05) is 47.4 Å². The van der Waals surface area contributed by atoms with Gasteiger partial charge in [-0.1, -0.05) is 30.3 Å². The molecule has 25 heavy (non-hydrogen) atoms. The van der Waals surface area contributed by atoms with E-state index in [-0.39, 0.29) is 0 Å². The number of anilines is 1. The Kier molecular flexibility index (Phi) is 5.77. The molecule has 132 valence electrons. The summed E-state index contributed by atoms with van der Waals surface area (Å²) in [7, 11) is 0. The predicted octanol–water partition coefficient (Wildman–Crippen LogP) is 3.63. The van der Waals surface area contributed by atoms with Crippen LogP contribution in [0.4, 0.5) is 5.69 Å². The van der Waals surface area contributed by atoms with Crippen LogP contribution in [0.5, 0.6) is 0 Å². The number of hydrogen-bond donors (Lipinski definition) is 2. The zero-order valence-corrected chi connectivity index (χ0v) is 15.7. The Labute approximate surface area is 151 Å². The first-order valence-corrected chi connectivity index (χ1v) is 9.44. The van der Waals surface area contributed by atoms with Crippen molar-refractivity contribution in [3.63, 3.8) is 0 Å². The molecule has 0 aliphatic rings. The molecule has 0 bridgehead atoms. The summed E-state index contributed by atoms with van der Waals surface area (Å²) in [5.74, 6) is 0. The van der Waals surface area contributed by atoms with Gasteiger partial charge in [-0.3, -0.25) is 0 Å². The molecule has 0 radical (unpaired) electrons. The number of aromatic amines is 1. The predicted molar refractivity (Wildman–Crippen MR) is 107 cm³/mol. The number of nitrogens with zero attached hydrogens (tertiary/aromatic N) is 1. The Hall–Kier alpha value is -2.26. The maximum Gasteiger partial charge on any atom is 0.101 e. The summed E-state index contributed by atoms with van der Waals surface area (Å²) < 4.78 is 0. The van der Waals surface area contributed by atoms with Gasteiger partial charge in [0.15, 0.2) is 0 Å². The highest BCUT2D eigenvalue weighted by atomic mass is 15.1. The highest BCUT2D eigenvalue weighted by Crippen LogP contribution is 2.21. The Morgan fingerprint density at radius 1 is 0.960 bits per heavy atom. The van der Waals surface area contributed by atoms with Crippen LogP contribution in [0.25, 0.3) is 10.9 Å². The molecule has 3 aromatic rings. The summed E-state index contributed by atoms with van der Waals surface area (Å²) in [5.41, 5.74) is 6.73. The van der Waals surface area contributed by atoms with E-state index in [1.807, 2.05) is 0 Å². The van der Waals surface area contributed by atoms with Crippen molar-refractivity contribution in [1.29, 1.82) is 0 Å². The first-order valence-electron chi connectivity index (χ1n) is 9.44. The van der Waals surface area contributed by atoms with Crippen LogP contribution in [0.2, 0.25) is 0 Å². The monoisotopic (exact) mass is 336 g/mol. The zero-order chi connectivity index (χ0) is 17.6. The third-order valence-electron chi connectivity index (χ3n) is 5.07. The summed E-state index contributed by atoms with van der Waals surface area (Å²) in [6.07, 6.45) is 1.10. The molecule has 1 aromatic heterocycles. The number of nitrogens with two attached hydrogens (primary N) is 1. The fourth-order valence-electron chi connectivity index (χ4n) is 3.60. The van der Waals surface area contributed by atoms with Gasteiger partial charge in [0.2, 0.25) is 0 Å². The smallest absolute Gasteiger partial charge is 0.101 e. The number of hydrogen-bond acceptors (Lipinski definition) is 1. The lowest BCUT2D eigenvalue weighted by Crippen LogP contribution is -2.83. The molecule has 0 unspecified atom stereocenters. The molecular weight excluding hydrogens is 306 g/mol. The van der Waals surface area contributed by atoms with Gasteiger partial charge < -0.3 is 15.2 Å². The van der Waals surface area contributed by atoms with Crippen LogP contribution in [0.1, 0.15) is 30.7 Å². The van der Waals surface area contributed by atoms with E-state index in [1.165, 1.54) is 33.4 Å². The summed E-state index contributed by atoms with van der Waals surface area (Å²) in [4.78, 5) is 5.88. The fraction of sp³-hybridized carbons (Fsp3) is 0.364. The normalized spacial score (nSPS) is 11.2. The quantitative estimate of drug-likeness (QED) is 0.606. The lowest BCUT2D eigenvalue weighted by atomic mass is 10.1.